The maximum atomic E-state index is 9.77. The lowest BCUT2D eigenvalue weighted by atomic mass is 9.84. The molecule has 4 N–H and O–H groups in total. The van der Waals surface area contributed by atoms with Crippen LogP contribution in [0.1, 0.15) is 23.0 Å². The minimum absolute atomic E-state index is 0. The van der Waals surface area contributed by atoms with E-state index in [1.165, 1.54) is 6.07 Å². The molecule has 0 bridgehead atoms. The summed E-state index contributed by atoms with van der Waals surface area (Å²) in [5, 5.41) is 32.6. The van der Waals surface area contributed by atoms with Gasteiger partial charge in [-0.1, -0.05) is 29.8 Å². The Morgan fingerprint density at radius 1 is 0.909 bits per heavy atom. The Hall–Kier alpha value is -1.62. The van der Waals surface area contributed by atoms with E-state index in [0.717, 1.165) is 24.2 Å². The highest BCUT2D eigenvalue weighted by Gasteiger charge is 2.32. The molecule has 1 saturated heterocycles. The fraction of sp³-hybridized carbons (Fsp3) is 0.250. The molecule has 0 saturated carbocycles. The molecule has 1 fully saturated rings. The average Bonchev–Trinajstić information content (AvgIpc) is 2.94. The van der Waals surface area contributed by atoms with E-state index < -0.39 is 0 Å². The Bertz CT molecular complexity index is 678. The third kappa shape index (κ3) is 2.95. The van der Waals surface area contributed by atoms with E-state index in [0.29, 0.717) is 5.02 Å². The molecular weight excluding hydrogens is 325 g/mol. The second kappa shape index (κ2) is 6.65. The number of rotatable bonds is 2. The molecule has 2 aromatic carbocycles. The van der Waals surface area contributed by atoms with Gasteiger partial charge in [-0.3, -0.25) is 0 Å². The second-order valence-corrected chi connectivity index (χ2v) is 5.68. The molecule has 2 aromatic rings. The molecule has 2 atom stereocenters. The van der Waals surface area contributed by atoms with Crippen molar-refractivity contribution in [3.8, 4) is 17.2 Å². The van der Waals surface area contributed by atoms with Crippen molar-refractivity contribution in [1.29, 1.82) is 0 Å². The Balaban J connectivity index is 0.00000176. The van der Waals surface area contributed by atoms with Gasteiger partial charge in [0.15, 0.2) is 11.5 Å². The third-order valence-corrected chi connectivity index (χ3v) is 4.46. The second-order valence-electron chi connectivity index (χ2n) is 5.30. The van der Waals surface area contributed by atoms with Crippen molar-refractivity contribution in [3.05, 3.63) is 52.5 Å². The molecule has 6 heteroatoms. The Morgan fingerprint density at radius 3 is 2.36 bits per heavy atom. The van der Waals surface area contributed by atoms with Crippen molar-refractivity contribution in [2.24, 2.45) is 0 Å². The summed E-state index contributed by atoms with van der Waals surface area (Å²) in [4.78, 5) is 0. The lowest BCUT2D eigenvalue weighted by Gasteiger charge is -2.21. The number of phenols is 3. The molecular formula is C16H17Cl2NO3. The quantitative estimate of drug-likeness (QED) is 0.632. The monoisotopic (exact) mass is 341 g/mol. The number of hydrogen-bond acceptors (Lipinski definition) is 4. The van der Waals surface area contributed by atoms with Crippen LogP contribution in [0.3, 0.4) is 0 Å². The molecule has 4 nitrogen and oxygen atoms in total. The van der Waals surface area contributed by atoms with Gasteiger partial charge in [-0.25, -0.2) is 0 Å². The van der Waals surface area contributed by atoms with Crippen molar-refractivity contribution >= 4 is 24.0 Å². The molecule has 0 aromatic heterocycles. The van der Waals surface area contributed by atoms with E-state index in [9.17, 15) is 15.3 Å². The van der Waals surface area contributed by atoms with Crippen molar-refractivity contribution in [1.82, 2.24) is 5.32 Å². The third-order valence-electron chi connectivity index (χ3n) is 4.05. The van der Waals surface area contributed by atoms with Gasteiger partial charge in [0.1, 0.15) is 5.75 Å². The van der Waals surface area contributed by atoms with Crippen molar-refractivity contribution in [2.75, 3.05) is 13.1 Å². The first kappa shape index (κ1) is 16.7. The fourth-order valence-electron chi connectivity index (χ4n) is 2.95. The first-order chi connectivity index (χ1) is 10.1. The first-order valence-corrected chi connectivity index (χ1v) is 7.15. The van der Waals surface area contributed by atoms with E-state index in [1.807, 2.05) is 6.07 Å². The van der Waals surface area contributed by atoms with Crippen molar-refractivity contribution < 1.29 is 15.3 Å². The van der Waals surface area contributed by atoms with E-state index >= 15 is 0 Å². The predicted octanol–water partition coefficient (Wildman–Crippen LogP) is 3.35. The summed E-state index contributed by atoms with van der Waals surface area (Å²) in [6.07, 6.45) is 0. The molecule has 0 radical (unpaired) electrons. The van der Waals surface area contributed by atoms with Crippen molar-refractivity contribution in [2.45, 2.75) is 11.8 Å². The highest BCUT2D eigenvalue weighted by molar-refractivity contribution is 6.32. The zero-order valence-corrected chi connectivity index (χ0v) is 13.2. The zero-order chi connectivity index (χ0) is 15.0. The molecule has 3 rings (SSSR count). The lowest BCUT2D eigenvalue weighted by Crippen LogP contribution is -2.09. The van der Waals surface area contributed by atoms with Gasteiger partial charge in [-0.05, 0) is 29.3 Å². The zero-order valence-electron chi connectivity index (χ0n) is 11.7. The number of hydrogen-bond donors (Lipinski definition) is 4. The van der Waals surface area contributed by atoms with Crippen LogP contribution >= 0.6 is 24.0 Å². The van der Waals surface area contributed by atoms with Gasteiger partial charge in [0, 0.05) is 24.9 Å². The van der Waals surface area contributed by atoms with E-state index in [2.05, 4.69) is 5.32 Å². The highest BCUT2D eigenvalue weighted by atomic mass is 35.5. The molecule has 1 aliphatic rings. The number of benzene rings is 2. The van der Waals surface area contributed by atoms with Crippen LogP contribution < -0.4 is 5.32 Å². The fourth-order valence-corrected chi connectivity index (χ4v) is 3.22. The normalized spacial score (nSPS) is 20.6. The maximum absolute atomic E-state index is 9.77. The summed E-state index contributed by atoms with van der Waals surface area (Å²) in [6.45, 7) is 1.50. The van der Waals surface area contributed by atoms with Crippen LogP contribution in [0.5, 0.6) is 17.2 Å². The summed E-state index contributed by atoms with van der Waals surface area (Å²) < 4.78 is 0. The van der Waals surface area contributed by atoms with E-state index in [1.54, 1.807) is 24.3 Å². The van der Waals surface area contributed by atoms with Crippen LogP contribution in [-0.2, 0) is 0 Å². The van der Waals surface area contributed by atoms with Gasteiger partial charge >= 0.3 is 0 Å². The summed E-state index contributed by atoms with van der Waals surface area (Å²) in [6, 6.07) is 10.1. The van der Waals surface area contributed by atoms with Gasteiger partial charge in [-0.15, -0.1) is 12.4 Å². The van der Waals surface area contributed by atoms with Crippen LogP contribution in [0.15, 0.2) is 36.4 Å². The standard InChI is InChI=1S/C16H16ClNO3.ClH/c17-16-10(2-1-3-14(16)20)12-8-18-7-11(12)9-4-5-13(19)15(21)6-9;/h1-6,11-12,18-21H,7-8H2;1H/t11-,12-;/m0./s1. The molecule has 1 aliphatic heterocycles. The summed E-state index contributed by atoms with van der Waals surface area (Å²) in [5.41, 5.74) is 1.82. The van der Waals surface area contributed by atoms with Gasteiger partial charge < -0.3 is 20.6 Å². The molecule has 0 amide bonds. The SMILES string of the molecule is Cl.Oc1ccc([C@@H]2CNC[C@H]2c2cccc(O)c2Cl)cc1O. The van der Waals surface area contributed by atoms with Crippen LogP contribution in [0.4, 0.5) is 0 Å². The Kier molecular flexibility index (Phi) is 5.06. The van der Waals surface area contributed by atoms with Gasteiger partial charge in [-0.2, -0.15) is 0 Å². The average molecular weight is 342 g/mol. The molecule has 0 aliphatic carbocycles. The number of aromatic hydroxyl groups is 3. The molecule has 22 heavy (non-hydrogen) atoms. The maximum Gasteiger partial charge on any atom is 0.157 e. The van der Waals surface area contributed by atoms with Crippen LogP contribution in [0, 0.1) is 0 Å². The Labute approximate surface area is 139 Å². The number of halogens is 2. The molecule has 0 unspecified atom stereocenters. The minimum atomic E-state index is -0.128. The summed E-state index contributed by atoms with van der Waals surface area (Å²) in [7, 11) is 0. The van der Waals surface area contributed by atoms with E-state index in [4.69, 9.17) is 11.6 Å². The van der Waals surface area contributed by atoms with Crippen LogP contribution in [-0.4, -0.2) is 28.4 Å². The van der Waals surface area contributed by atoms with Gasteiger partial charge in [0.05, 0.1) is 5.02 Å². The first-order valence-electron chi connectivity index (χ1n) is 6.78. The van der Waals surface area contributed by atoms with Crippen LogP contribution in [0.25, 0.3) is 0 Å². The molecule has 0 spiro atoms. The number of nitrogens with one attached hydrogen (secondary N) is 1. The molecule has 1 heterocycles. The molecule has 118 valence electrons. The van der Waals surface area contributed by atoms with E-state index in [-0.39, 0.29) is 41.5 Å². The summed E-state index contributed by atoms with van der Waals surface area (Å²) in [5.74, 6) is 0.0505. The van der Waals surface area contributed by atoms with Crippen LogP contribution in [0.2, 0.25) is 5.02 Å². The Morgan fingerprint density at radius 2 is 1.64 bits per heavy atom. The number of phenolic OH excluding ortho intramolecular Hbond substituents is 3. The van der Waals surface area contributed by atoms with Crippen molar-refractivity contribution in [3.63, 3.8) is 0 Å². The minimum Gasteiger partial charge on any atom is -0.506 e. The smallest absolute Gasteiger partial charge is 0.157 e. The highest BCUT2D eigenvalue weighted by Crippen LogP contribution is 2.42. The van der Waals surface area contributed by atoms with Gasteiger partial charge in [0.25, 0.3) is 0 Å². The largest absolute Gasteiger partial charge is 0.506 e. The lowest BCUT2D eigenvalue weighted by molar-refractivity contribution is 0.402. The topological polar surface area (TPSA) is 72.7 Å². The summed E-state index contributed by atoms with van der Waals surface area (Å²) >= 11 is 6.22. The predicted molar refractivity (Wildman–Crippen MR) is 88.5 cm³/mol. The van der Waals surface area contributed by atoms with Gasteiger partial charge in [0.2, 0.25) is 0 Å².